The minimum absolute atomic E-state index is 0.355. The van der Waals surface area contributed by atoms with Crippen molar-refractivity contribution >= 4 is 28.5 Å². The van der Waals surface area contributed by atoms with Gasteiger partial charge in [-0.2, -0.15) is 0 Å². The highest BCUT2D eigenvalue weighted by Gasteiger charge is 2.12. The van der Waals surface area contributed by atoms with Gasteiger partial charge < -0.3 is 4.42 Å². The van der Waals surface area contributed by atoms with Crippen LogP contribution in [0.25, 0.3) is 22.2 Å². The first-order valence-corrected chi connectivity index (χ1v) is 8.51. The quantitative estimate of drug-likeness (QED) is 0.668. The Hall–Kier alpha value is -2.79. The largest absolute Gasteiger partial charge is 0.422 e. The normalized spacial score (nSPS) is 13.9. The standard InChI is InChI=1S/C19H14N2O2S/c22-19-15(10-14-6-1-2-7-17(14)23-19)16-12-24-18(21-16)9-13-5-3-4-8-20-11-13/h1-4,6-8,10-12H,5,9H2. The molecule has 0 unspecified atom stereocenters. The molecule has 0 fully saturated rings. The van der Waals surface area contributed by atoms with Crippen LogP contribution in [-0.4, -0.2) is 11.2 Å². The molecule has 0 amide bonds. The lowest BCUT2D eigenvalue weighted by Gasteiger charge is -2.00. The molecule has 2 aromatic heterocycles. The van der Waals surface area contributed by atoms with Crippen molar-refractivity contribution in [3.63, 3.8) is 0 Å². The van der Waals surface area contributed by atoms with E-state index < -0.39 is 0 Å². The monoisotopic (exact) mass is 334 g/mol. The molecule has 0 spiro atoms. The van der Waals surface area contributed by atoms with Crippen molar-refractivity contribution in [3.8, 4) is 11.3 Å². The molecule has 4 rings (SSSR count). The van der Waals surface area contributed by atoms with Crippen LogP contribution in [0.2, 0.25) is 0 Å². The number of para-hydroxylation sites is 1. The number of rotatable bonds is 3. The van der Waals surface area contributed by atoms with Crippen LogP contribution in [0.3, 0.4) is 0 Å². The summed E-state index contributed by atoms with van der Waals surface area (Å²) in [4.78, 5) is 21.1. The van der Waals surface area contributed by atoms with Crippen LogP contribution >= 0.6 is 11.3 Å². The molecule has 1 aliphatic rings. The molecule has 3 heterocycles. The molecule has 0 N–H and O–H groups in total. The smallest absolute Gasteiger partial charge is 0.345 e. The Balaban J connectivity index is 1.66. The molecule has 0 saturated heterocycles. The van der Waals surface area contributed by atoms with E-state index in [1.54, 1.807) is 23.6 Å². The zero-order valence-corrected chi connectivity index (χ0v) is 13.6. The van der Waals surface area contributed by atoms with Gasteiger partial charge in [-0.3, -0.25) is 4.99 Å². The Labute approximate surface area is 142 Å². The second-order valence-electron chi connectivity index (χ2n) is 5.51. The second-order valence-corrected chi connectivity index (χ2v) is 6.45. The van der Waals surface area contributed by atoms with Crippen molar-refractivity contribution in [2.24, 2.45) is 4.99 Å². The molecule has 118 valence electrons. The summed E-state index contributed by atoms with van der Waals surface area (Å²) in [5, 5.41) is 3.77. The first-order valence-electron chi connectivity index (χ1n) is 7.63. The van der Waals surface area contributed by atoms with Gasteiger partial charge in [0.05, 0.1) is 16.3 Å². The number of benzene rings is 1. The predicted octanol–water partition coefficient (Wildman–Crippen LogP) is 4.37. The molecule has 5 heteroatoms. The fourth-order valence-corrected chi connectivity index (χ4v) is 3.45. The molecule has 24 heavy (non-hydrogen) atoms. The van der Waals surface area contributed by atoms with Gasteiger partial charge >= 0.3 is 5.63 Å². The van der Waals surface area contributed by atoms with E-state index in [1.807, 2.05) is 41.9 Å². The highest BCUT2D eigenvalue weighted by molar-refractivity contribution is 7.10. The van der Waals surface area contributed by atoms with Gasteiger partial charge in [-0.05, 0) is 30.2 Å². The zero-order valence-electron chi connectivity index (χ0n) is 12.8. The summed E-state index contributed by atoms with van der Waals surface area (Å²) < 4.78 is 5.39. The van der Waals surface area contributed by atoms with Crippen LogP contribution in [0.1, 0.15) is 11.4 Å². The molecule has 1 aliphatic heterocycles. The van der Waals surface area contributed by atoms with E-state index in [0.29, 0.717) is 16.8 Å². The second kappa shape index (κ2) is 6.37. The fraction of sp³-hybridized carbons (Fsp3) is 0.105. The highest BCUT2D eigenvalue weighted by Crippen LogP contribution is 2.24. The van der Waals surface area contributed by atoms with Crippen molar-refractivity contribution in [3.05, 3.63) is 75.1 Å². The number of allylic oxidation sites excluding steroid dienone is 3. The number of hydrogen-bond donors (Lipinski definition) is 0. The van der Waals surface area contributed by atoms with Gasteiger partial charge in [-0.15, -0.1) is 11.3 Å². The van der Waals surface area contributed by atoms with Crippen molar-refractivity contribution in [1.82, 2.24) is 4.98 Å². The van der Waals surface area contributed by atoms with Crippen LogP contribution in [-0.2, 0) is 6.42 Å². The molecular weight excluding hydrogens is 320 g/mol. The Morgan fingerprint density at radius 3 is 3.12 bits per heavy atom. The van der Waals surface area contributed by atoms with Crippen LogP contribution in [0.5, 0.6) is 0 Å². The van der Waals surface area contributed by atoms with Gasteiger partial charge in [-0.1, -0.05) is 24.3 Å². The third kappa shape index (κ3) is 2.98. The first kappa shape index (κ1) is 14.8. The molecule has 0 aliphatic carbocycles. The van der Waals surface area contributed by atoms with Gasteiger partial charge in [0.2, 0.25) is 0 Å². The van der Waals surface area contributed by atoms with E-state index in [4.69, 9.17) is 4.42 Å². The first-order chi connectivity index (χ1) is 11.8. The number of aliphatic imine (C=N–C) groups is 1. The summed E-state index contributed by atoms with van der Waals surface area (Å²) in [5.41, 5.74) is 2.61. The van der Waals surface area contributed by atoms with Crippen LogP contribution in [0.15, 0.2) is 73.8 Å². The van der Waals surface area contributed by atoms with E-state index in [-0.39, 0.29) is 5.63 Å². The minimum Gasteiger partial charge on any atom is -0.422 e. The molecule has 3 aromatic rings. The SMILES string of the molecule is O=c1oc2ccccc2cc1-c1csc(CC2=CN=CC=CC2)n1. The van der Waals surface area contributed by atoms with Crippen molar-refractivity contribution in [2.75, 3.05) is 0 Å². The summed E-state index contributed by atoms with van der Waals surface area (Å²) in [7, 11) is 0. The lowest BCUT2D eigenvalue weighted by atomic mass is 10.1. The maximum Gasteiger partial charge on any atom is 0.345 e. The number of nitrogens with zero attached hydrogens (tertiary/aromatic N) is 2. The molecule has 0 saturated carbocycles. The molecule has 0 atom stereocenters. The van der Waals surface area contributed by atoms with Crippen LogP contribution in [0.4, 0.5) is 0 Å². The molecule has 0 bridgehead atoms. The Kier molecular flexibility index (Phi) is 3.92. The Bertz CT molecular complexity index is 1040. The van der Waals surface area contributed by atoms with Crippen molar-refractivity contribution in [2.45, 2.75) is 12.8 Å². The average molecular weight is 334 g/mol. The molecule has 0 radical (unpaired) electrons. The van der Waals surface area contributed by atoms with Crippen molar-refractivity contribution < 1.29 is 4.42 Å². The Morgan fingerprint density at radius 1 is 1.25 bits per heavy atom. The van der Waals surface area contributed by atoms with Gasteiger partial charge in [0.25, 0.3) is 0 Å². The number of hydrogen-bond acceptors (Lipinski definition) is 5. The van der Waals surface area contributed by atoms with E-state index in [9.17, 15) is 4.79 Å². The lowest BCUT2D eigenvalue weighted by Crippen LogP contribution is -2.03. The lowest BCUT2D eigenvalue weighted by molar-refractivity contribution is 0.563. The molecule has 4 nitrogen and oxygen atoms in total. The van der Waals surface area contributed by atoms with Gasteiger partial charge in [0.1, 0.15) is 5.58 Å². The third-order valence-electron chi connectivity index (χ3n) is 3.79. The van der Waals surface area contributed by atoms with Crippen LogP contribution < -0.4 is 5.63 Å². The van der Waals surface area contributed by atoms with E-state index in [2.05, 4.69) is 16.1 Å². The summed E-state index contributed by atoms with van der Waals surface area (Å²) in [6, 6.07) is 9.33. The van der Waals surface area contributed by atoms with E-state index >= 15 is 0 Å². The molecule has 1 aromatic carbocycles. The van der Waals surface area contributed by atoms with Crippen LogP contribution in [0, 0.1) is 0 Å². The number of aromatic nitrogens is 1. The fourth-order valence-electron chi connectivity index (χ4n) is 2.60. The van der Waals surface area contributed by atoms with Gasteiger partial charge in [0, 0.05) is 29.6 Å². The zero-order chi connectivity index (χ0) is 16.4. The minimum atomic E-state index is -0.355. The third-order valence-corrected chi connectivity index (χ3v) is 4.64. The topological polar surface area (TPSA) is 55.5 Å². The summed E-state index contributed by atoms with van der Waals surface area (Å²) in [6.45, 7) is 0. The molecular formula is C19H14N2O2S. The summed E-state index contributed by atoms with van der Waals surface area (Å²) in [5.74, 6) is 0. The van der Waals surface area contributed by atoms with Gasteiger partial charge in [0.15, 0.2) is 0 Å². The number of fused-ring (bicyclic) bond motifs is 1. The van der Waals surface area contributed by atoms with E-state index in [0.717, 1.165) is 23.2 Å². The maximum absolute atomic E-state index is 12.2. The Morgan fingerprint density at radius 2 is 2.17 bits per heavy atom. The summed E-state index contributed by atoms with van der Waals surface area (Å²) >= 11 is 1.55. The van der Waals surface area contributed by atoms with Gasteiger partial charge in [-0.25, -0.2) is 9.78 Å². The number of thiazole rings is 1. The summed E-state index contributed by atoms with van der Waals surface area (Å²) in [6.07, 6.45) is 9.29. The predicted molar refractivity (Wildman–Crippen MR) is 97.6 cm³/mol. The average Bonchev–Trinajstić information content (AvgIpc) is 2.89. The maximum atomic E-state index is 12.2. The van der Waals surface area contributed by atoms with Crippen molar-refractivity contribution in [1.29, 1.82) is 0 Å². The van der Waals surface area contributed by atoms with E-state index in [1.165, 1.54) is 5.57 Å². The highest BCUT2D eigenvalue weighted by atomic mass is 32.1.